The molecule has 2 atom stereocenters. The summed E-state index contributed by atoms with van der Waals surface area (Å²) in [6.45, 7) is 1.19. The highest BCUT2D eigenvalue weighted by Crippen LogP contribution is 2.30. The predicted octanol–water partition coefficient (Wildman–Crippen LogP) is 3.23. The largest absolute Gasteiger partial charge is 0.495 e. The average Bonchev–Trinajstić information content (AvgIpc) is 2.69. The van der Waals surface area contributed by atoms with Crippen molar-refractivity contribution in [3.8, 4) is 5.75 Å². The molecule has 2 aromatic rings. The van der Waals surface area contributed by atoms with E-state index in [0.29, 0.717) is 23.0 Å². The van der Waals surface area contributed by atoms with Crippen molar-refractivity contribution in [2.75, 3.05) is 25.5 Å². The highest BCUT2D eigenvalue weighted by Gasteiger charge is 2.33. The number of rotatable bonds is 6. The highest BCUT2D eigenvalue weighted by atomic mass is 35.5. The van der Waals surface area contributed by atoms with Crippen LogP contribution in [0.2, 0.25) is 5.02 Å². The van der Waals surface area contributed by atoms with Crippen LogP contribution in [0.15, 0.2) is 48.5 Å². The number of anilines is 1. The van der Waals surface area contributed by atoms with E-state index < -0.39 is 6.04 Å². The normalized spacial score (nSPS) is 18.3. The minimum Gasteiger partial charge on any atom is -0.495 e. The van der Waals surface area contributed by atoms with Crippen molar-refractivity contribution in [3.63, 3.8) is 0 Å². The molecule has 0 bridgehead atoms. The summed E-state index contributed by atoms with van der Waals surface area (Å²) in [6.07, 6.45) is 1.57. The number of primary amides is 1. The first-order chi connectivity index (χ1) is 13.5. The van der Waals surface area contributed by atoms with E-state index in [-0.39, 0.29) is 17.7 Å². The van der Waals surface area contributed by atoms with Gasteiger partial charge in [-0.3, -0.25) is 14.5 Å². The number of piperidine rings is 1. The van der Waals surface area contributed by atoms with Crippen LogP contribution in [-0.4, -0.2) is 36.9 Å². The van der Waals surface area contributed by atoms with E-state index in [9.17, 15) is 9.59 Å². The Labute approximate surface area is 169 Å². The van der Waals surface area contributed by atoms with Gasteiger partial charge in [-0.05, 0) is 43.1 Å². The second-order valence-corrected chi connectivity index (χ2v) is 7.30. The number of benzene rings is 2. The molecule has 0 spiro atoms. The Morgan fingerprint density at radius 2 is 2.00 bits per heavy atom. The van der Waals surface area contributed by atoms with Crippen molar-refractivity contribution in [2.24, 2.45) is 11.7 Å². The number of nitrogens with zero attached hydrogens (tertiary/aromatic N) is 1. The predicted molar refractivity (Wildman–Crippen MR) is 109 cm³/mol. The number of methoxy groups -OCH3 is 1. The van der Waals surface area contributed by atoms with E-state index >= 15 is 0 Å². The first-order valence-corrected chi connectivity index (χ1v) is 9.60. The summed E-state index contributed by atoms with van der Waals surface area (Å²) in [4.78, 5) is 26.9. The lowest BCUT2D eigenvalue weighted by Gasteiger charge is -2.36. The van der Waals surface area contributed by atoms with E-state index in [2.05, 4.69) is 5.32 Å². The van der Waals surface area contributed by atoms with Gasteiger partial charge in [0.2, 0.25) is 11.8 Å². The minimum absolute atomic E-state index is 0.183. The van der Waals surface area contributed by atoms with Gasteiger partial charge in [0.05, 0.1) is 18.1 Å². The number of carbonyl (C=O) groups is 2. The molecule has 1 aliphatic heterocycles. The van der Waals surface area contributed by atoms with Crippen LogP contribution in [-0.2, 0) is 9.59 Å². The van der Waals surface area contributed by atoms with Gasteiger partial charge in [0.1, 0.15) is 11.8 Å². The lowest BCUT2D eigenvalue weighted by molar-refractivity contribution is -0.127. The third-order valence-corrected chi connectivity index (χ3v) is 5.30. The van der Waals surface area contributed by atoms with Crippen molar-refractivity contribution in [1.29, 1.82) is 0 Å². The second kappa shape index (κ2) is 9.08. The number of amides is 2. The quantitative estimate of drug-likeness (QED) is 0.778. The van der Waals surface area contributed by atoms with Crippen molar-refractivity contribution in [1.82, 2.24) is 4.90 Å². The summed E-state index contributed by atoms with van der Waals surface area (Å²) in [5, 5.41) is 3.36. The van der Waals surface area contributed by atoms with Gasteiger partial charge in [0, 0.05) is 12.2 Å². The molecule has 0 radical (unpaired) electrons. The molecule has 2 aromatic carbocycles. The van der Waals surface area contributed by atoms with Crippen molar-refractivity contribution in [3.05, 3.63) is 59.1 Å². The Balaban J connectivity index is 1.85. The molecule has 3 N–H and O–H groups in total. The van der Waals surface area contributed by atoms with E-state index in [0.717, 1.165) is 24.9 Å². The van der Waals surface area contributed by atoms with Crippen LogP contribution < -0.4 is 15.8 Å². The molecule has 1 aliphatic rings. The Kier molecular flexibility index (Phi) is 6.54. The van der Waals surface area contributed by atoms with Crippen LogP contribution in [0.5, 0.6) is 5.75 Å². The molecule has 1 fully saturated rings. The van der Waals surface area contributed by atoms with Crippen LogP contribution in [0.25, 0.3) is 0 Å². The first kappa shape index (κ1) is 20.2. The number of hydrogen-bond donors (Lipinski definition) is 2. The van der Waals surface area contributed by atoms with Crippen LogP contribution in [0.4, 0.5) is 5.69 Å². The smallest absolute Gasteiger partial charge is 0.246 e. The Hall–Kier alpha value is -2.57. The van der Waals surface area contributed by atoms with Crippen molar-refractivity contribution in [2.45, 2.75) is 18.9 Å². The summed E-state index contributed by atoms with van der Waals surface area (Å²) in [5.41, 5.74) is 6.97. The van der Waals surface area contributed by atoms with E-state index in [4.69, 9.17) is 22.1 Å². The summed E-state index contributed by atoms with van der Waals surface area (Å²) in [7, 11) is 1.54. The molecule has 1 heterocycles. The zero-order chi connectivity index (χ0) is 20.1. The fraction of sp³-hybridized carbons (Fsp3) is 0.333. The van der Waals surface area contributed by atoms with E-state index in [1.807, 2.05) is 35.2 Å². The lowest BCUT2D eigenvalue weighted by Crippen LogP contribution is -2.46. The Bertz CT molecular complexity index is 844. The summed E-state index contributed by atoms with van der Waals surface area (Å²) < 4.78 is 5.15. The van der Waals surface area contributed by atoms with E-state index in [1.165, 1.54) is 7.11 Å². The van der Waals surface area contributed by atoms with Gasteiger partial charge in [-0.2, -0.15) is 0 Å². The molecule has 6 nitrogen and oxygen atoms in total. The number of ether oxygens (including phenoxy) is 1. The maximum atomic E-state index is 13.2. The molecular formula is C21H24ClN3O3. The second-order valence-electron chi connectivity index (χ2n) is 6.89. The number of carbonyl (C=O) groups excluding carboxylic acids is 2. The zero-order valence-electron chi connectivity index (χ0n) is 15.7. The van der Waals surface area contributed by atoms with Gasteiger partial charge >= 0.3 is 0 Å². The first-order valence-electron chi connectivity index (χ1n) is 9.22. The van der Waals surface area contributed by atoms with Crippen LogP contribution in [0.1, 0.15) is 24.4 Å². The van der Waals surface area contributed by atoms with Crippen molar-refractivity contribution < 1.29 is 14.3 Å². The highest BCUT2D eigenvalue weighted by molar-refractivity contribution is 6.32. The topological polar surface area (TPSA) is 84.7 Å². The molecule has 7 heteroatoms. The van der Waals surface area contributed by atoms with Crippen LogP contribution >= 0.6 is 11.6 Å². The Morgan fingerprint density at radius 1 is 1.25 bits per heavy atom. The van der Waals surface area contributed by atoms with Gasteiger partial charge in [-0.25, -0.2) is 0 Å². The SMILES string of the molecule is COc1ccc(NC(=O)[C@H](c2ccccc2)N2CCC[C@H](C(N)=O)C2)cc1Cl. The van der Waals surface area contributed by atoms with Gasteiger partial charge in [0.25, 0.3) is 0 Å². The average molecular weight is 402 g/mol. The third kappa shape index (κ3) is 4.64. The molecule has 3 rings (SSSR count). The zero-order valence-corrected chi connectivity index (χ0v) is 16.5. The van der Waals surface area contributed by atoms with Gasteiger partial charge in [0.15, 0.2) is 0 Å². The van der Waals surface area contributed by atoms with Gasteiger partial charge in [-0.1, -0.05) is 41.9 Å². The summed E-state index contributed by atoms with van der Waals surface area (Å²) in [6, 6.07) is 14.1. The van der Waals surface area contributed by atoms with Crippen LogP contribution in [0, 0.1) is 5.92 Å². The number of nitrogens with one attached hydrogen (secondary N) is 1. The molecule has 28 heavy (non-hydrogen) atoms. The standard InChI is InChI=1S/C21H24ClN3O3/c1-28-18-10-9-16(12-17(18)22)24-21(27)19(14-6-3-2-4-7-14)25-11-5-8-15(13-25)20(23)26/h2-4,6-7,9-10,12,15,19H,5,8,11,13H2,1H3,(H2,23,26)(H,24,27)/t15-,19-/m0/s1. The third-order valence-electron chi connectivity index (χ3n) is 5.00. The van der Waals surface area contributed by atoms with E-state index in [1.54, 1.807) is 18.2 Å². The fourth-order valence-corrected chi connectivity index (χ4v) is 3.85. The van der Waals surface area contributed by atoms with Gasteiger partial charge in [-0.15, -0.1) is 0 Å². The van der Waals surface area contributed by atoms with Gasteiger partial charge < -0.3 is 15.8 Å². The molecule has 2 amide bonds. The van der Waals surface area contributed by atoms with Crippen LogP contribution in [0.3, 0.4) is 0 Å². The molecule has 148 valence electrons. The monoisotopic (exact) mass is 401 g/mol. The lowest BCUT2D eigenvalue weighted by atomic mass is 9.94. The molecule has 0 unspecified atom stereocenters. The molecule has 0 aliphatic carbocycles. The molecule has 0 aromatic heterocycles. The van der Waals surface area contributed by atoms with Crippen molar-refractivity contribution >= 4 is 29.1 Å². The number of likely N-dealkylation sites (tertiary alicyclic amines) is 1. The minimum atomic E-state index is -0.524. The number of hydrogen-bond acceptors (Lipinski definition) is 4. The maximum absolute atomic E-state index is 13.2. The number of halogens is 1. The molecular weight excluding hydrogens is 378 g/mol. The Morgan fingerprint density at radius 3 is 2.64 bits per heavy atom. The summed E-state index contributed by atoms with van der Waals surface area (Å²) >= 11 is 6.17. The fourth-order valence-electron chi connectivity index (χ4n) is 3.59. The maximum Gasteiger partial charge on any atom is 0.246 e. The summed E-state index contributed by atoms with van der Waals surface area (Å²) in [5.74, 6) is -0.209. The molecule has 0 saturated carbocycles. The number of nitrogens with two attached hydrogens (primary N) is 1. The molecule has 1 saturated heterocycles.